The van der Waals surface area contributed by atoms with Gasteiger partial charge < -0.3 is 4.42 Å². The van der Waals surface area contributed by atoms with Crippen molar-refractivity contribution >= 4 is 12.2 Å². The van der Waals surface area contributed by atoms with Crippen LogP contribution in [0.2, 0.25) is 0 Å². The molecular formula is C11H12O. The van der Waals surface area contributed by atoms with Crippen LogP contribution in [0, 0.1) is 5.41 Å². The van der Waals surface area contributed by atoms with Crippen LogP contribution in [-0.2, 0) is 0 Å². The Kier molecular flexibility index (Phi) is 1.47. The minimum absolute atomic E-state index is 0.140. The lowest BCUT2D eigenvalue weighted by atomic mass is 9.93. The van der Waals surface area contributed by atoms with E-state index in [9.17, 15) is 0 Å². The second-order valence-corrected chi connectivity index (χ2v) is 3.73. The van der Waals surface area contributed by atoms with Gasteiger partial charge >= 0.3 is 0 Å². The molecule has 0 N–H and O–H groups in total. The summed E-state index contributed by atoms with van der Waals surface area (Å²) in [6.45, 7) is 4.34. The van der Waals surface area contributed by atoms with Gasteiger partial charge in [0.05, 0.1) is 6.26 Å². The summed E-state index contributed by atoms with van der Waals surface area (Å²) in [6.07, 6.45) is 10.2. The average molecular weight is 160 g/mol. The second-order valence-electron chi connectivity index (χ2n) is 3.73. The molecule has 1 nitrogen and oxygen atoms in total. The Morgan fingerprint density at radius 1 is 1.17 bits per heavy atom. The molecule has 0 atom stereocenters. The van der Waals surface area contributed by atoms with E-state index in [1.807, 2.05) is 12.1 Å². The lowest BCUT2D eigenvalue weighted by molar-refractivity contribution is 0.555. The number of hydrogen-bond acceptors (Lipinski definition) is 1. The first-order chi connectivity index (χ1) is 5.67. The molecule has 0 fully saturated rings. The summed E-state index contributed by atoms with van der Waals surface area (Å²) in [5, 5.41) is 0. The Hall–Kier alpha value is -1.24. The van der Waals surface area contributed by atoms with E-state index in [0.717, 1.165) is 11.3 Å². The van der Waals surface area contributed by atoms with Crippen LogP contribution in [0.5, 0.6) is 0 Å². The third kappa shape index (κ3) is 1.22. The van der Waals surface area contributed by atoms with E-state index in [-0.39, 0.29) is 5.41 Å². The highest BCUT2D eigenvalue weighted by molar-refractivity contribution is 5.64. The monoisotopic (exact) mass is 160 g/mol. The minimum atomic E-state index is 0.140. The Morgan fingerprint density at radius 2 is 1.92 bits per heavy atom. The molecule has 0 bridgehead atoms. The third-order valence-corrected chi connectivity index (χ3v) is 2.08. The van der Waals surface area contributed by atoms with Crippen LogP contribution < -0.4 is 0 Å². The zero-order valence-electron chi connectivity index (χ0n) is 7.37. The van der Waals surface area contributed by atoms with Crippen molar-refractivity contribution in [3.8, 4) is 0 Å². The third-order valence-electron chi connectivity index (χ3n) is 2.08. The number of furan rings is 1. The molecule has 1 aromatic rings. The lowest BCUT2D eigenvalue weighted by Gasteiger charge is -2.11. The van der Waals surface area contributed by atoms with Crippen LogP contribution in [0.3, 0.4) is 0 Å². The topological polar surface area (TPSA) is 13.1 Å². The van der Waals surface area contributed by atoms with Gasteiger partial charge in [0.15, 0.2) is 0 Å². The fourth-order valence-electron chi connectivity index (χ4n) is 1.25. The molecule has 0 amide bonds. The van der Waals surface area contributed by atoms with E-state index in [4.69, 9.17) is 4.42 Å². The van der Waals surface area contributed by atoms with Gasteiger partial charge in [0, 0.05) is 11.0 Å². The van der Waals surface area contributed by atoms with Gasteiger partial charge in [-0.3, -0.25) is 0 Å². The van der Waals surface area contributed by atoms with E-state index in [1.54, 1.807) is 6.26 Å². The van der Waals surface area contributed by atoms with Crippen LogP contribution >= 0.6 is 0 Å². The minimum Gasteiger partial charge on any atom is -0.464 e. The van der Waals surface area contributed by atoms with Crippen molar-refractivity contribution in [3.63, 3.8) is 0 Å². The first-order valence-corrected chi connectivity index (χ1v) is 4.13. The molecule has 2 rings (SSSR count). The maximum Gasteiger partial charge on any atom is 0.133 e. The van der Waals surface area contributed by atoms with Crippen molar-refractivity contribution in [1.82, 2.24) is 0 Å². The van der Waals surface area contributed by atoms with Crippen molar-refractivity contribution in [1.29, 1.82) is 0 Å². The standard InChI is InChI=1S/C11H12O/c1-11(2)6-3-9-5-8-12-10(9)4-7-11/h3-8H,1-2H3. The summed E-state index contributed by atoms with van der Waals surface area (Å²) in [4.78, 5) is 0. The molecule has 0 radical (unpaired) electrons. The number of fused-ring (bicyclic) bond motifs is 1. The highest BCUT2D eigenvalue weighted by atomic mass is 16.3. The predicted octanol–water partition coefficient (Wildman–Crippen LogP) is 3.35. The molecular weight excluding hydrogens is 148 g/mol. The average Bonchev–Trinajstić information content (AvgIpc) is 2.40. The van der Waals surface area contributed by atoms with E-state index < -0.39 is 0 Å². The van der Waals surface area contributed by atoms with Crippen molar-refractivity contribution in [2.24, 2.45) is 5.41 Å². The van der Waals surface area contributed by atoms with Gasteiger partial charge in [0.2, 0.25) is 0 Å². The molecule has 1 heteroatoms. The maximum atomic E-state index is 5.29. The fraction of sp³-hybridized carbons (Fsp3) is 0.273. The predicted molar refractivity (Wildman–Crippen MR) is 50.6 cm³/mol. The normalized spacial score (nSPS) is 18.8. The van der Waals surface area contributed by atoms with Gasteiger partial charge in [-0.25, -0.2) is 0 Å². The molecule has 0 aromatic carbocycles. The summed E-state index contributed by atoms with van der Waals surface area (Å²) < 4.78 is 5.29. The summed E-state index contributed by atoms with van der Waals surface area (Å²) >= 11 is 0. The van der Waals surface area contributed by atoms with Crippen LogP contribution in [0.1, 0.15) is 25.2 Å². The van der Waals surface area contributed by atoms with E-state index in [0.29, 0.717) is 0 Å². The molecule has 0 unspecified atom stereocenters. The Balaban J connectivity index is 2.49. The van der Waals surface area contributed by atoms with Crippen molar-refractivity contribution in [2.75, 3.05) is 0 Å². The molecule has 1 aliphatic carbocycles. The number of rotatable bonds is 0. The number of allylic oxidation sites excluding steroid dienone is 2. The quantitative estimate of drug-likeness (QED) is 0.567. The SMILES string of the molecule is CC1(C)C=Cc2ccoc2C=C1. The Morgan fingerprint density at radius 3 is 2.75 bits per heavy atom. The van der Waals surface area contributed by atoms with Crippen molar-refractivity contribution in [2.45, 2.75) is 13.8 Å². The molecule has 12 heavy (non-hydrogen) atoms. The summed E-state index contributed by atoms with van der Waals surface area (Å²) in [5.41, 5.74) is 1.30. The summed E-state index contributed by atoms with van der Waals surface area (Å²) in [5.74, 6) is 0.955. The van der Waals surface area contributed by atoms with Crippen LogP contribution in [0.4, 0.5) is 0 Å². The Bertz CT molecular complexity index is 309. The fourth-order valence-corrected chi connectivity index (χ4v) is 1.25. The van der Waals surface area contributed by atoms with Crippen LogP contribution in [0.15, 0.2) is 28.9 Å². The highest BCUT2D eigenvalue weighted by Gasteiger charge is 2.13. The maximum absolute atomic E-state index is 5.29. The molecule has 0 saturated carbocycles. The van der Waals surface area contributed by atoms with Gasteiger partial charge in [-0.15, -0.1) is 0 Å². The first kappa shape index (κ1) is 7.41. The van der Waals surface area contributed by atoms with E-state index in [1.165, 1.54) is 0 Å². The van der Waals surface area contributed by atoms with E-state index in [2.05, 4.69) is 32.1 Å². The van der Waals surface area contributed by atoms with Crippen LogP contribution in [0.25, 0.3) is 12.2 Å². The molecule has 1 aromatic heterocycles. The van der Waals surface area contributed by atoms with Crippen molar-refractivity contribution < 1.29 is 4.42 Å². The summed E-state index contributed by atoms with van der Waals surface area (Å²) in [7, 11) is 0. The molecule has 62 valence electrons. The molecule has 1 heterocycles. The van der Waals surface area contributed by atoms with Gasteiger partial charge in [0.25, 0.3) is 0 Å². The zero-order valence-corrected chi connectivity index (χ0v) is 7.37. The summed E-state index contributed by atoms with van der Waals surface area (Å²) in [6, 6.07) is 1.98. The van der Waals surface area contributed by atoms with Gasteiger partial charge in [-0.05, 0) is 12.1 Å². The lowest BCUT2D eigenvalue weighted by Crippen LogP contribution is -2.00. The van der Waals surface area contributed by atoms with Gasteiger partial charge in [-0.1, -0.05) is 32.1 Å². The smallest absolute Gasteiger partial charge is 0.133 e. The van der Waals surface area contributed by atoms with Gasteiger partial charge in [0.1, 0.15) is 5.76 Å². The largest absolute Gasteiger partial charge is 0.464 e. The van der Waals surface area contributed by atoms with Crippen molar-refractivity contribution in [3.05, 3.63) is 35.8 Å². The highest BCUT2D eigenvalue weighted by Crippen LogP contribution is 2.27. The van der Waals surface area contributed by atoms with Crippen LogP contribution in [-0.4, -0.2) is 0 Å². The second kappa shape index (κ2) is 2.37. The van der Waals surface area contributed by atoms with Gasteiger partial charge in [-0.2, -0.15) is 0 Å². The molecule has 0 aliphatic heterocycles. The Labute approximate surface area is 72.4 Å². The first-order valence-electron chi connectivity index (χ1n) is 4.13. The zero-order chi connectivity index (χ0) is 8.60. The molecule has 0 spiro atoms. The molecule has 0 saturated heterocycles. The molecule has 1 aliphatic rings. The van der Waals surface area contributed by atoms with E-state index >= 15 is 0 Å². The number of hydrogen-bond donors (Lipinski definition) is 0.